The third-order valence-electron chi connectivity index (χ3n) is 0. The molecule has 0 saturated heterocycles. The molecule has 0 N–H and O–H groups in total. The summed E-state index contributed by atoms with van der Waals surface area (Å²) in [6.45, 7) is 0. The van der Waals surface area contributed by atoms with Crippen molar-refractivity contribution in [3.63, 3.8) is 0 Å². The molecule has 0 spiro atoms. The Labute approximate surface area is 86.1 Å². The Kier molecular flexibility index (Phi) is 121. The molecule has 0 rings (SSSR count). The molecule has 0 heterocycles. The molecule has 0 atom stereocenters. The Balaban J connectivity index is 0. The Morgan fingerprint density at radius 1 is 1.00 bits per heavy atom. The van der Waals surface area contributed by atoms with Gasteiger partial charge >= 0.3 is 0 Å². The molecule has 0 aromatic carbocycles. The Morgan fingerprint density at radius 3 is 1.00 bits per heavy atom. The quantitative estimate of drug-likeness (QED) is 0.482. The molecule has 1 radical (unpaired) electrons. The van der Waals surface area contributed by atoms with Crippen molar-refractivity contribution in [1.29, 1.82) is 0 Å². The fraction of sp³-hybridized carbons (Fsp3) is 0. The molecule has 0 aromatic rings. The first-order chi connectivity index (χ1) is 0. The summed E-state index contributed by atoms with van der Waals surface area (Å²) in [5, 5.41) is 0. The van der Waals surface area contributed by atoms with Gasteiger partial charge in [-0.15, -0.1) is 0 Å². The molecular formula is H3AlTaTiZr. The Bertz CT molecular complexity index is 8.00. The van der Waals surface area contributed by atoms with Gasteiger partial charge in [0.05, 0.1) is 0 Å². The van der Waals surface area contributed by atoms with Crippen LogP contribution < -0.4 is 0 Å². The van der Waals surface area contributed by atoms with E-state index in [0.29, 0.717) is 0 Å². The van der Waals surface area contributed by atoms with Crippen molar-refractivity contribution in [2.24, 2.45) is 0 Å². The molecule has 0 amide bonds. The predicted molar refractivity (Wildman–Crippen MR) is 9.94 cm³/mol. The van der Waals surface area contributed by atoms with Crippen LogP contribution in [0.4, 0.5) is 0 Å². The summed E-state index contributed by atoms with van der Waals surface area (Å²) < 4.78 is 0. The van der Waals surface area contributed by atoms with E-state index >= 15 is 0 Å². The van der Waals surface area contributed by atoms with Crippen LogP contribution in [-0.4, -0.2) is 17.4 Å². The third kappa shape index (κ3) is 8.85. The topological polar surface area (TPSA) is 0 Å². The van der Waals surface area contributed by atoms with Crippen LogP contribution in [0.3, 0.4) is 0 Å². The van der Waals surface area contributed by atoms with Crippen LogP contribution >= 0.6 is 0 Å². The van der Waals surface area contributed by atoms with Gasteiger partial charge in [0.2, 0.25) is 0 Å². The maximum absolute atomic E-state index is 0. The van der Waals surface area contributed by atoms with Crippen molar-refractivity contribution in [2.45, 2.75) is 0 Å². The van der Waals surface area contributed by atoms with E-state index < -0.39 is 0 Å². The standard InChI is InChI=1S/Al.Ta.Ti.Zr.3H. The molecule has 0 bridgehead atoms. The molecule has 0 fully saturated rings. The molecule has 0 aliphatic heterocycles. The molecule has 4 heteroatoms. The van der Waals surface area contributed by atoms with E-state index in [-0.39, 0.29) is 87.7 Å². The molecule has 0 aliphatic carbocycles. The fourth-order valence-corrected chi connectivity index (χ4v) is 0. The summed E-state index contributed by atoms with van der Waals surface area (Å²) in [6.07, 6.45) is 0. The van der Waals surface area contributed by atoms with E-state index in [1.54, 1.807) is 0 Å². The normalized spacial score (nSPS) is 0. The van der Waals surface area contributed by atoms with E-state index in [1.165, 1.54) is 0 Å². The minimum absolute atomic E-state index is 0. The summed E-state index contributed by atoms with van der Waals surface area (Å²) in [5.74, 6) is 0. The molecule has 0 nitrogen and oxygen atoms in total. The minimum atomic E-state index is 0. The molecule has 4 heavy (non-hydrogen) atoms. The van der Waals surface area contributed by atoms with Crippen molar-refractivity contribution >= 4 is 17.4 Å². The first-order valence-corrected chi connectivity index (χ1v) is 0. The van der Waals surface area contributed by atoms with Gasteiger partial charge in [0.15, 0.2) is 17.4 Å². The number of hydrogen-bond acceptors (Lipinski definition) is 0. The zero-order chi connectivity index (χ0) is 0. The van der Waals surface area contributed by atoms with Gasteiger partial charge in [0, 0.05) is 70.3 Å². The van der Waals surface area contributed by atoms with Crippen molar-refractivity contribution in [1.82, 2.24) is 0 Å². The first-order valence-electron chi connectivity index (χ1n) is 0. The predicted octanol–water partition coefficient (Wildman–Crippen LogP) is -1.19. The zero-order valence-corrected chi connectivity index (χ0v) is 8.68. The van der Waals surface area contributed by atoms with Gasteiger partial charge < -0.3 is 0 Å². The van der Waals surface area contributed by atoms with E-state index in [2.05, 4.69) is 0 Å². The van der Waals surface area contributed by atoms with Gasteiger partial charge in [-0.25, -0.2) is 0 Å². The molecule has 0 saturated carbocycles. The van der Waals surface area contributed by atoms with Gasteiger partial charge in [0.1, 0.15) is 0 Å². The Morgan fingerprint density at radius 2 is 1.00 bits per heavy atom. The van der Waals surface area contributed by atoms with Gasteiger partial charge in [-0.1, -0.05) is 0 Å². The van der Waals surface area contributed by atoms with Gasteiger partial charge in [-0.2, -0.15) is 0 Å². The van der Waals surface area contributed by atoms with Crippen LogP contribution in [0.15, 0.2) is 0 Å². The molecule has 0 aliphatic rings. The monoisotopic (exact) mass is 349 g/mol. The maximum atomic E-state index is 0. The summed E-state index contributed by atoms with van der Waals surface area (Å²) in [7, 11) is 0. The van der Waals surface area contributed by atoms with Crippen molar-refractivity contribution in [2.75, 3.05) is 0 Å². The van der Waals surface area contributed by atoms with E-state index in [0.717, 1.165) is 0 Å². The number of rotatable bonds is 0. The SMILES string of the molecule is [AlH3].[Ta].[Ti].[Zr]. The molecule has 19 valence electrons. The maximum Gasteiger partial charge on any atom is 0.187 e. The average Bonchev–Trinajstić information content (AvgIpc) is 0. The zero-order valence-electron chi connectivity index (χ0n) is 1.45. The summed E-state index contributed by atoms with van der Waals surface area (Å²) in [6, 6.07) is 0. The van der Waals surface area contributed by atoms with Crippen molar-refractivity contribution < 1.29 is 70.3 Å². The average molecular weight is 350 g/mol. The van der Waals surface area contributed by atoms with Crippen LogP contribution in [0.1, 0.15) is 0 Å². The van der Waals surface area contributed by atoms with Gasteiger partial charge in [-0.3, -0.25) is 0 Å². The third-order valence-corrected chi connectivity index (χ3v) is 0. The van der Waals surface area contributed by atoms with Crippen LogP contribution in [0.2, 0.25) is 0 Å². The molecule has 0 unspecified atom stereocenters. The smallest absolute Gasteiger partial charge is 0 e. The minimum Gasteiger partial charge on any atom is 0 e. The second-order valence-corrected chi connectivity index (χ2v) is 0. The van der Waals surface area contributed by atoms with Crippen LogP contribution in [0.5, 0.6) is 0 Å². The van der Waals surface area contributed by atoms with Gasteiger partial charge in [0.25, 0.3) is 0 Å². The van der Waals surface area contributed by atoms with E-state index in [4.69, 9.17) is 0 Å². The summed E-state index contributed by atoms with van der Waals surface area (Å²) in [4.78, 5) is 0. The van der Waals surface area contributed by atoms with Crippen molar-refractivity contribution in [3.8, 4) is 0 Å². The summed E-state index contributed by atoms with van der Waals surface area (Å²) in [5.41, 5.74) is 0. The van der Waals surface area contributed by atoms with E-state index in [1.807, 2.05) is 0 Å². The van der Waals surface area contributed by atoms with Crippen molar-refractivity contribution in [3.05, 3.63) is 0 Å². The fourth-order valence-electron chi connectivity index (χ4n) is 0. The Hall–Kier alpha value is 2.87. The van der Waals surface area contributed by atoms with Crippen LogP contribution in [0.25, 0.3) is 0 Å². The summed E-state index contributed by atoms with van der Waals surface area (Å²) >= 11 is 0. The first kappa shape index (κ1) is 28.7. The second-order valence-electron chi connectivity index (χ2n) is 0. The van der Waals surface area contributed by atoms with Crippen LogP contribution in [0, 0.1) is 0 Å². The molecular weight excluding hydrogens is 347 g/mol. The van der Waals surface area contributed by atoms with Crippen LogP contribution in [-0.2, 0) is 70.3 Å². The van der Waals surface area contributed by atoms with E-state index in [9.17, 15) is 0 Å². The largest absolute Gasteiger partial charge is 0.187 e. The second kappa shape index (κ2) is 16.9. The number of hydrogen-bond donors (Lipinski definition) is 0. The molecule has 0 aromatic heterocycles. The van der Waals surface area contributed by atoms with Gasteiger partial charge in [-0.05, 0) is 0 Å².